The molecule has 2 aromatic carbocycles. The number of hydrogen-bond acceptors (Lipinski definition) is 5. The second kappa shape index (κ2) is 7.44. The van der Waals surface area contributed by atoms with Crippen LogP contribution in [0.1, 0.15) is 22.8 Å². The van der Waals surface area contributed by atoms with Crippen LogP contribution < -0.4 is 14.8 Å². The Morgan fingerprint density at radius 1 is 1.08 bits per heavy atom. The quantitative estimate of drug-likeness (QED) is 0.710. The van der Waals surface area contributed by atoms with E-state index in [4.69, 9.17) is 9.84 Å². The molecule has 0 unspecified atom stereocenters. The molecule has 0 bridgehead atoms. The van der Waals surface area contributed by atoms with Crippen molar-refractivity contribution in [3.05, 3.63) is 47.5 Å². The number of benzene rings is 2. The lowest BCUT2D eigenvalue weighted by Gasteiger charge is -2.14. The minimum atomic E-state index is -3.99. The largest absolute Gasteiger partial charge is 0.495 e. The number of methoxy groups -OCH3 is 1. The van der Waals surface area contributed by atoms with Crippen molar-refractivity contribution in [1.29, 1.82) is 0 Å². The number of hydrogen-bond donors (Lipinski definition) is 3. The van der Waals surface area contributed by atoms with Crippen molar-refractivity contribution in [3.8, 4) is 5.75 Å². The summed E-state index contributed by atoms with van der Waals surface area (Å²) in [6.45, 7) is 2.98. The van der Waals surface area contributed by atoms with Gasteiger partial charge in [0.1, 0.15) is 5.75 Å². The van der Waals surface area contributed by atoms with Crippen LogP contribution in [0.5, 0.6) is 5.75 Å². The zero-order chi connectivity index (χ0) is 19.5. The summed E-state index contributed by atoms with van der Waals surface area (Å²) in [6.07, 6.45) is 0. The number of aryl methyl sites for hydroxylation is 1. The molecule has 2 aromatic rings. The zero-order valence-corrected chi connectivity index (χ0v) is 15.2. The Morgan fingerprint density at radius 2 is 1.77 bits per heavy atom. The third kappa shape index (κ3) is 4.31. The van der Waals surface area contributed by atoms with Crippen molar-refractivity contribution in [3.63, 3.8) is 0 Å². The topological polar surface area (TPSA) is 122 Å². The van der Waals surface area contributed by atoms with Crippen LogP contribution in [0.15, 0.2) is 41.3 Å². The van der Waals surface area contributed by atoms with Gasteiger partial charge in [0.05, 0.1) is 28.9 Å². The number of carboxylic acid groups (broad SMARTS) is 1. The zero-order valence-electron chi connectivity index (χ0n) is 14.4. The highest BCUT2D eigenvalue weighted by Gasteiger charge is 2.19. The van der Waals surface area contributed by atoms with Gasteiger partial charge in [-0.2, -0.15) is 0 Å². The monoisotopic (exact) mass is 378 g/mol. The smallest absolute Gasteiger partial charge is 0.335 e. The Hall–Kier alpha value is -3.07. The van der Waals surface area contributed by atoms with Gasteiger partial charge in [0, 0.05) is 13.0 Å². The van der Waals surface area contributed by atoms with Gasteiger partial charge in [0.2, 0.25) is 5.91 Å². The highest BCUT2D eigenvalue weighted by Crippen LogP contribution is 2.29. The number of anilines is 2. The van der Waals surface area contributed by atoms with Gasteiger partial charge in [-0.05, 0) is 36.8 Å². The Labute approximate surface area is 150 Å². The van der Waals surface area contributed by atoms with Crippen molar-refractivity contribution in [2.24, 2.45) is 0 Å². The summed E-state index contributed by atoms with van der Waals surface area (Å²) in [5, 5.41) is 11.6. The van der Waals surface area contributed by atoms with Gasteiger partial charge in [0.15, 0.2) is 0 Å². The molecule has 2 rings (SSSR count). The summed E-state index contributed by atoms with van der Waals surface area (Å²) < 4.78 is 32.8. The van der Waals surface area contributed by atoms with E-state index in [1.807, 2.05) is 0 Å². The first-order valence-electron chi connectivity index (χ1n) is 7.46. The Morgan fingerprint density at radius 3 is 2.35 bits per heavy atom. The SMILES string of the molecule is COc1cc(S(=O)(=O)Nc2cc(C(=O)O)ccc2C)ccc1NC(C)=O. The number of carbonyl (C=O) groups excluding carboxylic acids is 1. The van der Waals surface area contributed by atoms with Crippen LogP contribution in [-0.4, -0.2) is 32.5 Å². The maximum absolute atomic E-state index is 12.6. The fourth-order valence-electron chi connectivity index (χ4n) is 2.20. The van der Waals surface area contributed by atoms with Crippen LogP contribution in [0.2, 0.25) is 0 Å². The predicted octanol–water partition coefficient (Wildman–Crippen LogP) is 2.46. The Balaban J connectivity index is 2.40. The molecule has 0 aliphatic heterocycles. The number of carbonyl (C=O) groups is 2. The average Bonchev–Trinajstić information content (AvgIpc) is 2.56. The number of aromatic carboxylic acids is 1. The first kappa shape index (κ1) is 19.3. The third-order valence-electron chi connectivity index (χ3n) is 3.52. The van der Waals surface area contributed by atoms with Crippen molar-refractivity contribution < 1.29 is 27.9 Å². The minimum absolute atomic E-state index is 0.0353. The molecule has 0 fully saturated rings. The molecule has 9 heteroatoms. The minimum Gasteiger partial charge on any atom is -0.495 e. The molecule has 8 nitrogen and oxygen atoms in total. The summed E-state index contributed by atoms with van der Waals surface area (Å²) in [5.41, 5.74) is 1.03. The van der Waals surface area contributed by atoms with E-state index in [2.05, 4.69) is 10.0 Å². The summed E-state index contributed by atoms with van der Waals surface area (Å²) >= 11 is 0. The molecule has 0 radical (unpaired) electrons. The molecule has 0 heterocycles. The van der Waals surface area contributed by atoms with E-state index in [1.54, 1.807) is 6.92 Å². The van der Waals surface area contributed by atoms with Crippen LogP contribution in [-0.2, 0) is 14.8 Å². The van der Waals surface area contributed by atoms with Crippen LogP contribution in [0.25, 0.3) is 0 Å². The van der Waals surface area contributed by atoms with E-state index < -0.39 is 16.0 Å². The summed E-state index contributed by atoms with van der Waals surface area (Å²) in [6, 6.07) is 8.15. The standard InChI is InChI=1S/C17H18N2O6S/c1-10-4-5-12(17(21)22)8-15(10)19-26(23,24)13-6-7-14(18-11(2)20)16(9-13)25-3/h4-9,19H,1-3H3,(H,18,20)(H,21,22). The number of nitrogens with one attached hydrogen (secondary N) is 2. The summed E-state index contributed by atoms with van der Waals surface area (Å²) in [4.78, 5) is 22.2. The van der Waals surface area contributed by atoms with Crippen LogP contribution >= 0.6 is 0 Å². The normalized spacial score (nSPS) is 10.9. The lowest BCUT2D eigenvalue weighted by molar-refractivity contribution is -0.114. The first-order valence-corrected chi connectivity index (χ1v) is 8.95. The summed E-state index contributed by atoms with van der Waals surface area (Å²) in [5.74, 6) is -1.30. The molecule has 26 heavy (non-hydrogen) atoms. The lowest BCUT2D eigenvalue weighted by atomic mass is 10.1. The van der Waals surface area contributed by atoms with Crippen molar-refractivity contribution in [2.75, 3.05) is 17.1 Å². The van der Waals surface area contributed by atoms with Crippen molar-refractivity contribution in [1.82, 2.24) is 0 Å². The lowest BCUT2D eigenvalue weighted by Crippen LogP contribution is -2.15. The predicted molar refractivity (Wildman–Crippen MR) is 96.2 cm³/mol. The molecule has 0 saturated heterocycles. The van der Waals surface area contributed by atoms with E-state index in [-0.39, 0.29) is 27.8 Å². The molecule has 0 atom stereocenters. The molecule has 0 aromatic heterocycles. The number of sulfonamides is 1. The molecular weight excluding hydrogens is 360 g/mol. The van der Waals surface area contributed by atoms with Gasteiger partial charge < -0.3 is 15.2 Å². The van der Waals surface area contributed by atoms with Crippen LogP contribution in [0.3, 0.4) is 0 Å². The molecule has 1 amide bonds. The van der Waals surface area contributed by atoms with Gasteiger partial charge in [-0.3, -0.25) is 9.52 Å². The van der Waals surface area contributed by atoms with Gasteiger partial charge in [-0.25, -0.2) is 13.2 Å². The number of amides is 1. The Kier molecular flexibility index (Phi) is 5.51. The van der Waals surface area contributed by atoms with Gasteiger partial charge in [0.25, 0.3) is 10.0 Å². The third-order valence-corrected chi connectivity index (χ3v) is 4.89. The average molecular weight is 378 g/mol. The molecule has 138 valence electrons. The van der Waals surface area contributed by atoms with Crippen molar-refractivity contribution in [2.45, 2.75) is 18.7 Å². The molecule has 0 aliphatic carbocycles. The van der Waals surface area contributed by atoms with Gasteiger partial charge in [-0.15, -0.1) is 0 Å². The highest BCUT2D eigenvalue weighted by atomic mass is 32.2. The number of rotatable bonds is 6. The van der Waals surface area contributed by atoms with Gasteiger partial charge in [-0.1, -0.05) is 6.07 Å². The fraction of sp³-hybridized carbons (Fsp3) is 0.176. The van der Waals surface area contributed by atoms with Crippen molar-refractivity contribution >= 4 is 33.3 Å². The van der Waals surface area contributed by atoms with E-state index >= 15 is 0 Å². The van der Waals surface area contributed by atoms with E-state index in [0.29, 0.717) is 11.3 Å². The molecular formula is C17H18N2O6S. The molecule has 3 N–H and O–H groups in total. The number of ether oxygens (including phenoxy) is 1. The van der Waals surface area contributed by atoms with Gasteiger partial charge >= 0.3 is 5.97 Å². The molecule has 0 saturated carbocycles. The highest BCUT2D eigenvalue weighted by molar-refractivity contribution is 7.92. The van der Waals surface area contributed by atoms with E-state index in [9.17, 15) is 18.0 Å². The van der Waals surface area contributed by atoms with Crippen LogP contribution in [0.4, 0.5) is 11.4 Å². The fourth-order valence-corrected chi connectivity index (χ4v) is 3.34. The second-order valence-electron chi connectivity index (χ2n) is 5.48. The maximum Gasteiger partial charge on any atom is 0.335 e. The number of carboxylic acids is 1. The molecule has 0 aliphatic rings. The Bertz CT molecular complexity index is 969. The first-order chi connectivity index (χ1) is 12.1. The van der Waals surface area contributed by atoms with E-state index in [0.717, 1.165) is 0 Å². The molecule has 0 spiro atoms. The van der Waals surface area contributed by atoms with E-state index in [1.165, 1.54) is 50.4 Å². The maximum atomic E-state index is 12.6. The second-order valence-corrected chi connectivity index (χ2v) is 7.17. The van der Waals surface area contributed by atoms with Crippen LogP contribution in [0, 0.1) is 6.92 Å². The summed E-state index contributed by atoms with van der Waals surface area (Å²) in [7, 11) is -2.64.